The first-order valence-corrected chi connectivity index (χ1v) is 7.46. The number of phenols is 1. The van der Waals surface area contributed by atoms with Gasteiger partial charge >= 0.3 is 5.97 Å². The lowest BCUT2D eigenvalue weighted by Gasteiger charge is -2.30. The van der Waals surface area contributed by atoms with Gasteiger partial charge in [0.15, 0.2) is 0 Å². The summed E-state index contributed by atoms with van der Waals surface area (Å²) in [6.07, 6.45) is 6.90. The average Bonchev–Trinajstić information content (AvgIpc) is 2.47. The van der Waals surface area contributed by atoms with E-state index in [9.17, 15) is 15.0 Å². The molecule has 3 rings (SSSR count). The van der Waals surface area contributed by atoms with Crippen LogP contribution in [0.4, 0.5) is 0 Å². The maximum Gasteiger partial charge on any atom is 0.331 e. The quantitative estimate of drug-likeness (QED) is 0.862. The number of benzene rings is 1. The van der Waals surface area contributed by atoms with E-state index in [2.05, 4.69) is 0 Å². The molecule has 0 bridgehead atoms. The van der Waals surface area contributed by atoms with Crippen molar-refractivity contribution in [3.8, 4) is 5.75 Å². The van der Waals surface area contributed by atoms with E-state index < -0.39 is 5.97 Å². The first-order valence-electron chi connectivity index (χ1n) is 7.46. The van der Waals surface area contributed by atoms with Gasteiger partial charge in [0.1, 0.15) is 5.75 Å². The van der Waals surface area contributed by atoms with E-state index in [0.717, 1.165) is 29.5 Å². The highest BCUT2D eigenvalue weighted by Crippen LogP contribution is 2.44. The molecule has 1 aromatic rings. The van der Waals surface area contributed by atoms with Crippen molar-refractivity contribution in [3.05, 3.63) is 34.9 Å². The maximum atomic E-state index is 11.6. The fourth-order valence-electron chi connectivity index (χ4n) is 3.72. The number of phenolic OH excluding ortho intramolecular Hbond substituents is 1. The maximum absolute atomic E-state index is 11.6. The van der Waals surface area contributed by atoms with Gasteiger partial charge < -0.3 is 10.2 Å². The lowest BCUT2D eigenvalue weighted by atomic mass is 9.74. The SMILES string of the molecule is O=C(O)C1=C(C2CCCCC2)c2cccc(O)c2CC1. The number of carboxylic acid groups (broad SMARTS) is 1. The Morgan fingerprint density at radius 1 is 1.10 bits per heavy atom. The fraction of sp³-hybridized carbons (Fsp3) is 0.471. The summed E-state index contributed by atoms with van der Waals surface area (Å²) >= 11 is 0. The van der Waals surface area contributed by atoms with E-state index >= 15 is 0 Å². The Morgan fingerprint density at radius 3 is 2.55 bits per heavy atom. The van der Waals surface area contributed by atoms with Crippen LogP contribution in [0.2, 0.25) is 0 Å². The Bertz CT molecular complexity index is 566. The molecule has 0 heterocycles. The van der Waals surface area contributed by atoms with Crippen molar-refractivity contribution < 1.29 is 15.0 Å². The third kappa shape index (κ3) is 2.21. The van der Waals surface area contributed by atoms with Crippen LogP contribution in [0.25, 0.3) is 5.57 Å². The third-order valence-corrected chi connectivity index (χ3v) is 4.66. The van der Waals surface area contributed by atoms with Gasteiger partial charge in [-0.2, -0.15) is 0 Å². The molecule has 2 N–H and O–H groups in total. The number of carboxylic acids is 1. The van der Waals surface area contributed by atoms with Crippen molar-refractivity contribution in [2.45, 2.75) is 44.9 Å². The van der Waals surface area contributed by atoms with Gasteiger partial charge in [-0.1, -0.05) is 31.4 Å². The number of carbonyl (C=O) groups is 1. The molecule has 106 valence electrons. The van der Waals surface area contributed by atoms with Crippen molar-refractivity contribution in [2.24, 2.45) is 5.92 Å². The highest BCUT2D eigenvalue weighted by atomic mass is 16.4. The molecule has 1 fully saturated rings. The molecule has 3 nitrogen and oxygen atoms in total. The van der Waals surface area contributed by atoms with E-state index in [1.807, 2.05) is 12.1 Å². The van der Waals surface area contributed by atoms with Gasteiger partial charge in [-0.05, 0) is 48.8 Å². The van der Waals surface area contributed by atoms with E-state index in [1.165, 1.54) is 19.3 Å². The number of rotatable bonds is 2. The van der Waals surface area contributed by atoms with Crippen LogP contribution in [0.1, 0.15) is 49.7 Å². The largest absolute Gasteiger partial charge is 0.508 e. The lowest BCUT2D eigenvalue weighted by Crippen LogP contribution is -2.19. The summed E-state index contributed by atoms with van der Waals surface area (Å²) in [7, 11) is 0. The van der Waals surface area contributed by atoms with E-state index in [-0.39, 0.29) is 0 Å². The fourth-order valence-corrected chi connectivity index (χ4v) is 3.72. The van der Waals surface area contributed by atoms with Crippen molar-refractivity contribution in [1.82, 2.24) is 0 Å². The zero-order valence-corrected chi connectivity index (χ0v) is 11.6. The Hall–Kier alpha value is -1.77. The van der Waals surface area contributed by atoms with Gasteiger partial charge in [0.25, 0.3) is 0 Å². The van der Waals surface area contributed by atoms with E-state index in [1.54, 1.807) is 6.07 Å². The monoisotopic (exact) mass is 272 g/mol. The van der Waals surface area contributed by atoms with Crippen LogP contribution in [0, 0.1) is 5.92 Å². The van der Waals surface area contributed by atoms with E-state index in [0.29, 0.717) is 30.1 Å². The standard InChI is InChI=1S/C17H20O3/c18-15-8-4-7-13-12(15)9-10-14(17(19)20)16(13)11-5-2-1-3-6-11/h4,7-8,11,18H,1-3,5-6,9-10H2,(H,19,20). The molecule has 0 unspecified atom stereocenters. The summed E-state index contributed by atoms with van der Waals surface area (Å²) in [6.45, 7) is 0. The zero-order valence-electron chi connectivity index (χ0n) is 11.6. The van der Waals surface area contributed by atoms with Crippen LogP contribution in [0.15, 0.2) is 23.8 Å². The molecule has 0 saturated heterocycles. The highest BCUT2D eigenvalue weighted by Gasteiger charge is 2.30. The van der Waals surface area contributed by atoms with Gasteiger partial charge in [0.05, 0.1) is 0 Å². The summed E-state index contributed by atoms with van der Waals surface area (Å²) in [5, 5.41) is 19.5. The second-order valence-corrected chi connectivity index (χ2v) is 5.84. The summed E-state index contributed by atoms with van der Waals surface area (Å²) in [5.41, 5.74) is 3.46. The lowest BCUT2D eigenvalue weighted by molar-refractivity contribution is -0.132. The van der Waals surface area contributed by atoms with Crippen LogP contribution in [0.3, 0.4) is 0 Å². The number of hydrogen-bond acceptors (Lipinski definition) is 2. The molecular weight excluding hydrogens is 252 g/mol. The van der Waals surface area contributed by atoms with Gasteiger partial charge in [0, 0.05) is 11.1 Å². The normalized spacial score (nSPS) is 19.8. The topological polar surface area (TPSA) is 57.5 Å². The minimum absolute atomic E-state index is 0.306. The van der Waals surface area contributed by atoms with Gasteiger partial charge in [-0.15, -0.1) is 0 Å². The second-order valence-electron chi connectivity index (χ2n) is 5.84. The molecular formula is C17H20O3. The van der Waals surface area contributed by atoms with Crippen molar-refractivity contribution >= 4 is 11.5 Å². The number of fused-ring (bicyclic) bond motifs is 1. The number of hydrogen-bond donors (Lipinski definition) is 2. The molecule has 3 heteroatoms. The van der Waals surface area contributed by atoms with Crippen LogP contribution < -0.4 is 0 Å². The third-order valence-electron chi connectivity index (χ3n) is 4.66. The molecule has 0 radical (unpaired) electrons. The van der Waals surface area contributed by atoms with Crippen molar-refractivity contribution in [3.63, 3.8) is 0 Å². The van der Waals surface area contributed by atoms with Gasteiger partial charge in [-0.25, -0.2) is 4.79 Å². The molecule has 20 heavy (non-hydrogen) atoms. The molecule has 0 aliphatic heterocycles. The zero-order chi connectivity index (χ0) is 14.1. The summed E-state index contributed by atoms with van der Waals surface area (Å²) in [6, 6.07) is 5.49. The molecule has 1 saturated carbocycles. The Balaban J connectivity index is 2.12. The first-order chi connectivity index (χ1) is 9.68. The average molecular weight is 272 g/mol. The highest BCUT2D eigenvalue weighted by molar-refractivity contribution is 5.98. The molecule has 1 aromatic carbocycles. The molecule has 0 spiro atoms. The molecule has 0 aromatic heterocycles. The molecule has 0 atom stereocenters. The van der Waals surface area contributed by atoms with Crippen molar-refractivity contribution in [2.75, 3.05) is 0 Å². The number of allylic oxidation sites excluding steroid dienone is 1. The second kappa shape index (κ2) is 5.31. The van der Waals surface area contributed by atoms with Crippen LogP contribution in [-0.4, -0.2) is 16.2 Å². The minimum Gasteiger partial charge on any atom is -0.508 e. The summed E-state index contributed by atoms with van der Waals surface area (Å²) in [4.78, 5) is 11.6. The Kier molecular flexibility index (Phi) is 3.51. The number of aliphatic carboxylic acids is 1. The Morgan fingerprint density at radius 2 is 1.85 bits per heavy atom. The predicted molar refractivity (Wildman–Crippen MR) is 77.6 cm³/mol. The smallest absolute Gasteiger partial charge is 0.331 e. The van der Waals surface area contributed by atoms with Crippen molar-refractivity contribution in [1.29, 1.82) is 0 Å². The van der Waals surface area contributed by atoms with Gasteiger partial charge in [0.2, 0.25) is 0 Å². The molecule has 2 aliphatic rings. The molecule has 2 aliphatic carbocycles. The summed E-state index contributed by atoms with van der Waals surface area (Å²) in [5.74, 6) is -0.143. The number of aromatic hydroxyl groups is 1. The van der Waals surface area contributed by atoms with E-state index in [4.69, 9.17) is 0 Å². The Labute approximate surface area is 118 Å². The molecule has 0 amide bonds. The summed E-state index contributed by atoms with van der Waals surface area (Å²) < 4.78 is 0. The van der Waals surface area contributed by atoms with Crippen LogP contribution >= 0.6 is 0 Å². The first kappa shape index (κ1) is 13.2. The van der Waals surface area contributed by atoms with Gasteiger partial charge in [-0.3, -0.25) is 0 Å². The van der Waals surface area contributed by atoms with Crippen LogP contribution in [0.5, 0.6) is 5.75 Å². The minimum atomic E-state index is -0.792. The van der Waals surface area contributed by atoms with Crippen LogP contribution in [-0.2, 0) is 11.2 Å². The predicted octanol–water partition coefficient (Wildman–Crippen LogP) is 3.76.